The first kappa shape index (κ1) is 95.1. The predicted molar refractivity (Wildman–Crippen MR) is 395 cm³/mol. The molecule has 19 heteroatoms. The van der Waals surface area contributed by atoms with E-state index in [-0.39, 0.29) is 25.7 Å². The molecule has 0 aromatic rings. The molecule has 0 saturated heterocycles. The van der Waals surface area contributed by atoms with E-state index in [0.717, 1.165) is 102 Å². The SMILES string of the molecule is CCCCCCCCCCCCC(=O)OC[C@H](COP(=O)(O)OC[C@H](O)COP(=O)(O)OC[C@@H](COC(=O)CCCCCCCCCCCCCCC(C)C)OC(=O)CCCCCCCCCCCCCCCCCCCCC(C)CC)OC(=O)CCCCCCCCCCCC. The van der Waals surface area contributed by atoms with Gasteiger partial charge >= 0.3 is 39.5 Å². The number of esters is 4. The molecule has 0 spiro atoms. The summed E-state index contributed by atoms with van der Waals surface area (Å²) in [7, 11) is -9.91. The van der Waals surface area contributed by atoms with Crippen molar-refractivity contribution in [1.82, 2.24) is 0 Å². The molecule has 0 aromatic heterocycles. The number of hydrogen-bond acceptors (Lipinski definition) is 15. The minimum atomic E-state index is -4.96. The Morgan fingerprint density at radius 2 is 0.526 bits per heavy atom. The third-order valence-electron chi connectivity index (χ3n) is 18.6. The van der Waals surface area contributed by atoms with Crippen LogP contribution in [0.25, 0.3) is 0 Å². The summed E-state index contributed by atoms with van der Waals surface area (Å²) in [5, 5.41) is 10.6. The molecule has 0 rings (SSSR count). The van der Waals surface area contributed by atoms with Gasteiger partial charge in [-0.05, 0) is 37.5 Å². The molecule has 97 heavy (non-hydrogen) atoms. The number of rotatable bonds is 77. The average molecular weight is 1420 g/mol. The standard InChI is InChI=1S/C78H152O17P2/c1-7-10-12-14-16-18-36-42-48-54-60-75(80)88-66-73(94-77(82)62-56-50-44-37-19-17-15-13-11-8-2)68-92-96(84,85)90-64-72(79)65-91-97(86,87)93-69-74(67-89-76(81)61-55-49-43-38-32-29-28-30-34-40-46-52-58-70(4)5)95-78(83)63-57-51-45-39-33-27-25-23-21-20-22-24-26-31-35-41-47-53-59-71(6)9-3/h70-74,79H,7-69H2,1-6H3,(H,84,85)(H,86,87)/t71?,72-,73+,74+/m0/s1. The van der Waals surface area contributed by atoms with Crippen LogP contribution in [0.3, 0.4) is 0 Å². The summed E-state index contributed by atoms with van der Waals surface area (Å²) >= 11 is 0. The molecule has 0 fully saturated rings. The second-order valence-electron chi connectivity index (χ2n) is 28.8. The van der Waals surface area contributed by atoms with Gasteiger partial charge in [0.15, 0.2) is 12.2 Å². The van der Waals surface area contributed by atoms with Crippen molar-refractivity contribution in [2.75, 3.05) is 39.6 Å². The molecule has 0 saturated carbocycles. The Bertz CT molecular complexity index is 1870. The van der Waals surface area contributed by atoms with Crippen molar-refractivity contribution in [1.29, 1.82) is 0 Å². The van der Waals surface area contributed by atoms with Crippen molar-refractivity contribution < 1.29 is 80.2 Å². The number of phosphoric acid groups is 2. The second kappa shape index (κ2) is 69.8. The zero-order valence-electron chi connectivity index (χ0n) is 63.4. The van der Waals surface area contributed by atoms with Crippen molar-refractivity contribution in [3.8, 4) is 0 Å². The number of hydrogen-bond donors (Lipinski definition) is 3. The molecule has 0 aromatic carbocycles. The summed E-state index contributed by atoms with van der Waals surface area (Å²) in [6.07, 6.45) is 58.2. The molecular weight excluding hydrogens is 1270 g/mol. The fraction of sp³-hybridized carbons (Fsp3) is 0.949. The highest BCUT2D eigenvalue weighted by Gasteiger charge is 2.30. The van der Waals surface area contributed by atoms with Gasteiger partial charge in [0.05, 0.1) is 26.4 Å². The number of aliphatic hydroxyl groups excluding tert-OH is 1. The lowest BCUT2D eigenvalue weighted by Crippen LogP contribution is -2.30. The van der Waals surface area contributed by atoms with Crippen molar-refractivity contribution in [3.05, 3.63) is 0 Å². The van der Waals surface area contributed by atoms with E-state index in [1.54, 1.807) is 0 Å². The van der Waals surface area contributed by atoms with E-state index in [1.807, 2.05) is 0 Å². The third kappa shape index (κ3) is 70.9. The molecule has 0 aliphatic rings. The molecule has 17 nitrogen and oxygen atoms in total. The van der Waals surface area contributed by atoms with E-state index in [0.29, 0.717) is 25.7 Å². The van der Waals surface area contributed by atoms with Crippen LogP contribution in [0.15, 0.2) is 0 Å². The molecule has 6 atom stereocenters. The van der Waals surface area contributed by atoms with Crippen LogP contribution < -0.4 is 0 Å². The van der Waals surface area contributed by atoms with Crippen LogP contribution >= 0.6 is 15.6 Å². The second-order valence-corrected chi connectivity index (χ2v) is 31.7. The Kier molecular flexibility index (Phi) is 68.4. The van der Waals surface area contributed by atoms with E-state index < -0.39 is 97.5 Å². The normalized spacial score (nSPS) is 14.2. The summed E-state index contributed by atoms with van der Waals surface area (Å²) in [6, 6.07) is 0. The molecule has 0 amide bonds. The first-order chi connectivity index (χ1) is 46.9. The van der Waals surface area contributed by atoms with Gasteiger partial charge in [0.1, 0.15) is 19.3 Å². The fourth-order valence-corrected chi connectivity index (χ4v) is 13.6. The number of unbranched alkanes of at least 4 members (excludes halogenated alkanes) is 46. The lowest BCUT2D eigenvalue weighted by molar-refractivity contribution is -0.161. The van der Waals surface area contributed by atoms with Gasteiger partial charge in [0.2, 0.25) is 0 Å². The zero-order chi connectivity index (χ0) is 71.4. The number of carbonyl (C=O) groups is 4. The van der Waals surface area contributed by atoms with Crippen LogP contribution in [-0.2, 0) is 65.4 Å². The highest BCUT2D eigenvalue weighted by Crippen LogP contribution is 2.45. The summed E-state index contributed by atoms with van der Waals surface area (Å²) in [6.45, 7) is 9.67. The zero-order valence-corrected chi connectivity index (χ0v) is 65.2. The molecule has 3 unspecified atom stereocenters. The third-order valence-corrected chi connectivity index (χ3v) is 20.5. The number of phosphoric ester groups is 2. The predicted octanol–water partition coefficient (Wildman–Crippen LogP) is 23.1. The summed E-state index contributed by atoms with van der Waals surface area (Å²) in [5.41, 5.74) is 0. The van der Waals surface area contributed by atoms with Gasteiger partial charge in [0.25, 0.3) is 0 Å². The Hall–Kier alpha value is -1.94. The largest absolute Gasteiger partial charge is 0.472 e. The van der Waals surface area contributed by atoms with Crippen molar-refractivity contribution >= 4 is 39.5 Å². The fourth-order valence-electron chi connectivity index (χ4n) is 12.0. The average Bonchev–Trinajstić information content (AvgIpc) is 1.04. The highest BCUT2D eigenvalue weighted by molar-refractivity contribution is 7.47. The van der Waals surface area contributed by atoms with E-state index in [1.165, 1.54) is 225 Å². The summed E-state index contributed by atoms with van der Waals surface area (Å²) in [4.78, 5) is 72.8. The Morgan fingerprint density at radius 3 is 0.784 bits per heavy atom. The topological polar surface area (TPSA) is 237 Å². The minimum absolute atomic E-state index is 0.107. The van der Waals surface area contributed by atoms with Crippen molar-refractivity contribution in [2.45, 2.75) is 426 Å². The molecule has 0 aliphatic heterocycles. The summed E-state index contributed by atoms with van der Waals surface area (Å²) in [5.74, 6) is -0.461. The monoisotopic (exact) mass is 1420 g/mol. The van der Waals surface area contributed by atoms with E-state index in [9.17, 15) is 43.2 Å². The van der Waals surface area contributed by atoms with E-state index in [4.69, 9.17) is 37.0 Å². The lowest BCUT2D eigenvalue weighted by atomic mass is 9.99. The van der Waals surface area contributed by atoms with Crippen LogP contribution in [0.4, 0.5) is 0 Å². The highest BCUT2D eigenvalue weighted by atomic mass is 31.2. The maximum atomic E-state index is 13.1. The van der Waals surface area contributed by atoms with Crippen LogP contribution in [0.1, 0.15) is 408 Å². The molecule has 0 bridgehead atoms. The quantitative estimate of drug-likeness (QED) is 0.0222. The van der Waals surface area contributed by atoms with Crippen LogP contribution in [0, 0.1) is 11.8 Å². The van der Waals surface area contributed by atoms with Gasteiger partial charge in [-0.1, -0.05) is 356 Å². The van der Waals surface area contributed by atoms with Crippen LogP contribution in [-0.4, -0.2) is 96.7 Å². The molecular formula is C78H152O17P2. The van der Waals surface area contributed by atoms with E-state index in [2.05, 4.69) is 41.5 Å². The molecule has 0 heterocycles. The first-order valence-electron chi connectivity index (χ1n) is 40.5. The molecule has 3 N–H and O–H groups in total. The Morgan fingerprint density at radius 1 is 0.299 bits per heavy atom. The molecule has 0 aliphatic carbocycles. The van der Waals surface area contributed by atoms with Gasteiger partial charge < -0.3 is 33.8 Å². The molecule has 0 radical (unpaired) electrons. The van der Waals surface area contributed by atoms with Crippen LogP contribution in [0.5, 0.6) is 0 Å². The lowest BCUT2D eigenvalue weighted by Gasteiger charge is -2.21. The van der Waals surface area contributed by atoms with Gasteiger partial charge in [-0.2, -0.15) is 0 Å². The Labute approximate surface area is 594 Å². The smallest absolute Gasteiger partial charge is 0.462 e. The molecule has 576 valence electrons. The van der Waals surface area contributed by atoms with Crippen molar-refractivity contribution in [2.24, 2.45) is 11.8 Å². The number of ether oxygens (including phenoxy) is 4. The van der Waals surface area contributed by atoms with Gasteiger partial charge in [-0.25, -0.2) is 9.13 Å². The Balaban J connectivity index is 5.18. The van der Waals surface area contributed by atoms with E-state index >= 15 is 0 Å². The maximum absolute atomic E-state index is 13.1. The minimum Gasteiger partial charge on any atom is -0.462 e. The maximum Gasteiger partial charge on any atom is 0.472 e. The van der Waals surface area contributed by atoms with Gasteiger partial charge in [0, 0.05) is 25.7 Å². The number of aliphatic hydroxyl groups is 1. The number of carbonyl (C=O) groups excluding carboxylic acids is 4. The van der Waals surface area contributed by atoms with Gasteiger partial charge in [-0.3, -0.25) is 37.3 Å². The first-order valence-corrected chi connectivity index (χ1v) is 43.5. The van der Waals surface area contributed by atoms with Crippen molar-refractivity contribution in [3.63, 3.8) is 0 Å². The summed E-state index contributed by atoms with van der Waals surface area (Å²) < 4.78 is 68.5. The van der Waals surface area contributed by atoms with Gasteiger partial charge in [-0.15, -0.1) is 0 Å². The van der Waals surface area contributed by atoms with Crippen LogP contribution in [0.2, 0.25) is 0 Å².